The minimum atomic E-state index is 1.00. The van der Waals surface area contributed by atoms with E-state index in [0.717, 1.165) is 11.3 Å². The Hall–Kier alpha value is -1.05. The van der Waals surface area contributed by atoms with E-state index < -0.39 is 0 Å². The maximum absolute atomic E-state index is 7.99. The average Bonchev–Trinajstić information content (AvgIpc) is 2.50. The highest BCUT2D eigenvalue weighted by molar-refractivity contribution is 6.86. The molecular weight excluding hydrogens is 169 g/mol. The Balaban J connectivity index is 2.83. The Labute approximate surface area is 88.0 Å². The molecule has 1 heterocycles. The molecule has 14 heavy (non-hydrogen) atoms. The third kappa shape index (κ3) is 1.13. The molecule has 1 nitrogen and oxygen atoms in total. The molecule has 1 aliphatic rings. The normalized spacial score (nSPS) is 15.4. The van der Waals surface area contributed by atoms with Crippen LogP contribution in [0.4, 0.5) is 5.69 Å². The lowest BCUT2D eigenvalue weighted by Crippen LogP contribution is -2.64. The second-order valence-corrected chi connectivity index (χ2v) is 4.16. The van der Waals surface area contributed by atoms with Crippen molar-refractivity contribution in [2.24, 2.45) is 0 Å². The summed E-state index contributed by atoms with van der Waals surface area (Å²) in [7, 11) is 2.11. The molecule has 1 N–H and O–H groups in total. The van der Waals surface area contributed by atoms with Gasteiger partial charge in [-0.05, 0) is 49.8 Å². The van der Waals surface area contributed by atoms with Crippen molar-refractivity contribution < 1.29 is 6.40 Å². The third-order valence-corrected chi connectivity index (χ3v) is 3.34. The summed E-state index contributed by atoms with van der Waals surface area (Å²) in [4.78, 5) is 1.55. The molecule has 0 saturated carbocycles. The van der Waals surface area contributed by atoms with Gasteiger partial charge >= 0.3 is 1.41 Å². The SMILES string of the molecule is [2H][N+]1=C(C)[B]c2c(C)c(C)c(C)c(C)c21. The van der Waals surface area contributed by atoms with Gasteiger partial charge in [0.15, 0.2) is 0 Å². The van der Waals surface area contributed by atoms with Crippen molar-refractivity contribution in [3.63, 3.8) is 0 Å². The van der Waals surface area contributed by atoms with Gasteiger partial charge in [-0.25, -0.2) is 4.99 Å². The van der Waals surface area contributed by atoms with Crippen molar-refractivity contribution in [1.29, 1.82) is 0 Å². The molecule has 2 rings (SSSR count). The van der Waals surface area contributed by atoms with Gasteiger partial charge in [-0.1, -0.05) is 0 Å². The van der Waals surface area contributed by atoms with E-state index in [0.29, 0.717) is 0 Å². The van der Waals surface area contributed by atoms with Crippen LogP contribution < -0.4 is 10.4 Å². The lowest BCUT2D eigenvalue weighted by atomic mass is 9.65. The Kier molecular flexibility index (Phi) is 1.76. The molecule has 0 aromatic heterocycles. The van der Waals surface area contributed by atoms with Crippen molar-refractivity contribution in [1.82, 2.24) is 0 Å². The lowest BCUT2D eigenvalue weighted by Gasteiger charge is -2.10. The highest BCUT2D eigenvalue weighted by Gasteiger charge is 2.26. The first-order chi connectivity index (χ1) is 6.95. The Morgan fingerprint density at radius 3 is 2.14 bits per heavy atom. The fraction of sp³-hybridized carbons (Fsp3) is 0.417. The van der Waals surface area contributed by atoms with Crippen molar-refractivity contribution in [2.45, 2.75) is 34.6 Å². The summed E-state index contributed by atoms with van der Waals surface area (Å²) in [6.07, 6.45) is 0. The van der Waals surface area contributed by atoms with Gasteiger partial charge in [0.1, 0.15) is 5.61 Å². The predicted octanol–water partition coefficient (Wildman–Crippen LogP) is 0.394. The fourth-order valence-electron chi connectivity index (χ4n) is 2.06. The van der Waals surface area contributed by atoms with E-state index in [2.05, 4.69) is 35.0 Å². The molecule has 0 aliphatic carbocycles. The minimum absolute atomic E-state index is 1.00. The Morgan fingerprint density at radius 2 is 1.50 bits per heavy atom. The lowest BCUT2D eigenvalue weighted by molar-refractivity contribution is -0.348. The zero-order chi connectivity index (χ0) is 11.3. The summed E-state index contributed by atoms with van der Waals surface area (Å²) in [5.41, 5.74) is 8.49. The highest BCUT2D eigenvalue weighted by Crippen LogP contribution is 2.20. The summed E-state index contributed by atoms with van der Waals surface area (Å²) >= 11 is 0. The van der Waals surface area contributed by atoms with Crippen LogP contribution in [0.3, 0.4) is 0 Å². The highest BCUT2D eigenvalue weighted by atomic mass is 14.8. The van der Waals surface area contributed by atoms with Crippen LogP contribution in [0.25, 0.3) is 0 Å². The number of fused-ring (bicyclic) bond motifs is 1. The van der Waals surface area contributed by atoms with Gasteiger partial charge in [-0.2, -0.15) is 0 Å². The summed E-state index contributed by atoms with van der Waals surface area (Å²) in [6, 6.07) is 0. The molecule has 0 bridgehead atoms. The Morgan fingerprint density at radius 1 is 0.929 bits per heavy atom. The molecule has 1 aromatic rings. The number of nitrogens with one attached hydrogen (secondary N) is 1. The molecule has 2 heteroatoms. The quantitative estimate of drug-likeness (QED) is 0.563. The van der Waals surface area contributed by atoms with Gasteiger partial charge in [0, 0.05) is 12.5 Å². The van der Waals surface area contributed by atoms with E-state index in [1.165, 1.54) is 27.7 Å². The average molecular weight is 186 g/mol. The minimum Gasteiger partial charge on any atom is -0.223 e. The molecule has 0 fully saturated rings. The van der Waals surface area contributed by atoms with Crippen LogP contribution in [0, 0.1) is 27.7 Å². The molecule has 71 valence electrons. The molecule has 1 aliphatic heterocycles. The van der Waals surface area contributed by atoms with E-state index in [4.69, 9.17) is 1.41 Å². The van der Waals surface area contributed by atoms with Gasteiger partial charge in [0.25, 0.3) is 7.28 Å². The molecule has 1 radical (unpaired) electrons. The van der Waals surface area contributed by atoms with Crippen LogP contribution in [-0.2, 0) is 0 Å². The monoisotopic (exact) mass is 186 g/mol. The number of hydrogen-bond donors (Lipinski definition) is 1. The largest absolute Gasteiger partial charge is 0.452 e. The summed E-state index contributed by atoms with van der Waals surface area (Å²) in [6.45, 7) is 10.5. The van der Waals surface area contributed by atoms with Crippen LogP contribution >= 0.6 is 0 Å². The van der Waals surface area contributed by atoms with Crippen molar-refractivity contribution in [3.8, 4) is 0 Å². The first-order valence-electron chi connectivity index (χ1n) is 5.47. The molecule has 0 atom stereocenters. The molecule has 0 amide bonds. The van der Waals surface area contributed by atoms with E-state index in [1.54, 1.807) is 4.99 Å². The summed E-state index contributed by atoms with van der Waals surface area (Å²) in [5, 5.41) is 0. The van der Waals surface area contributed by atoms with Crippen LogP contribution in [0.5, 0.6) is 0 Å². The third-order valence-electron chi connectivity index (χ3n) is 3.34. The smallest absolute Gasteiger partial charge is 0.223 e. The van der Waals surface area contributed by atoms with Crippen LogP contribution in [0.15, 0.2) is 0 Å². The standard InChI is InChI=1S/C12H15BN/c1-6-7(2)9(4)12-11(8(6)3)13-10(5)14-12/h1-5H3/p+1/i/hD. The second-order valence-electron chi connectivity index (χ2n) is 4.16. The van der Waals surface area contributed by atoms with Crippen LogP contribution in [0.1, 0.15) is 29.2 Å². The molecule has 0 unspecified atom stereocenters. The summed E-state index contributed by atoms with van der Waals surface area (Å²) < 4.78 is 7.99. The summed E-state index contributed by atoms with van der Waals surface area (Å²) in [5.74, 6) is 0. The van der Waals surface area contributed by atoms with E-state index in [1.807, 2.05) is 6.92 Å². The zero-order valence-electron chi connectivity index (χ0n) is 10.5. The van der Waals surface area contributed by atoms with E-state index in [9.17, 15) is 0 Å². The maximum Gasteiger partial charge on any atom is 0.452 e. The molecule has 1 aromatic carbocycles. The van der Waals surface area contributed by atoms with E-state index in [-0.39, 0.29) is 0 Å². The fourth-order valence-corrected chi connectivity index (χ4v) is 2.06. The number of rotatable bonds is 0. The predicted molar refractivity (Wildman–Crippen MR) is 62.1 cm³/mol. The first-order valence-corrected chi connectivity index (χ1v) is 5.02. The molecule has 0 saturated heterocycles. The van der Waals surface area contributed by atoms with Crippen molar-refractivity contribution in [2.75, 3.05) is 0 Å². The van der Waals surface area contributed by atoms with Gasteiger partial charge < -0.3 is 0 Å². The maximum atomic E-state index is 7.99. The van der Waals surface area contributed by atoms with Gasteiger partial charge in [0.05, 0.1) is 0 Å². The number of hydrogen-bond acceptors (Lipinski definition) is 0. The van der Waals surface area contributed by atoms with Gasteiger partial charge in [-0.3, -0.25) is 0 Å². The topological polar surface area (TPSA) is 14.0 Å². The van der Waals surface area contributed by atoms with Crippen molar-refractivity contribution >= 4 is 24.0 Å². The first kappa shape index (κ1) is 8.28. The van der Waals surface area contributed by atoms with Crippen LogP contribution in [-0.4, -0.2) is 12.9 Å². The molecule has 0 spiro atoms. The van der Waals surface area contributed by atoms with Gasteiger partial charge in [0.2, 0.25) is 5.69 Å². The van der Waals surface area contributed by atoms with Gasteiger partial charge in [-0.15, -0.1) is 0 Å². The van der Waals surface area contributed by atoms with E-state index >= 15 is 0 Å². The zero-order valence-corrected chi connectivity index (χ0v) is 9.52. The molecular formula is C12H16BN+. The second kappa shape index (κ2) is 2.98. The van der Waals surface area contributed by atoms with Crippen molar-refractivity contribution in [3.05, 3.63) is 22.3 Å². The number of benzene rings is 1. The van der Waals surface area contributed by atoms with Crippen LogP contribution in [0.2, 0.25) is 1.41 Å². The Bertz CT molecular complexity index is 489.